The van der Waals surface area contributed by atoms with Crippen LogP contribution in [0.15, 0.2) is 12.4 Å². The van der Waals surface area contributed by atoms with E-state index in [0.29, 0.717) is 25.7 Å². The molecule has 1 aliphatic carbocycles. The van der Waals surface area contributed by atoms with Gasteiger partial charge in [-0.2, -0.15) is 0 Å². The van der Waals surface area contributed by atoms with Crippen molar-refractivity contribution in [2.45, 2.75) is 32.0 Å². The molecule has 6 nitrogen and oxygen atoms in total. The lowest BCUT2D eigenvalue weighted by Crippen LogP contribution is -2.31. The summed E-state index contributed by atoms with van der Waals surface area (Å²) in [5.74, 6) is 0.890. The van der Waals surface area contributed by atoms with Gasteiger partial charge in [-0.15, -0.1) is 0 Å². The molecule has 1 aliphatic rings. The number of nitrogens with one attached hydrogen (secondary N) is 2. The van der Waals surface area contributed by atoms with Crippen molar-refractivity contribution < 1.29 is 9.53 Å². The Hall–Kier alpha value is -1.40. The third-order valence-electron chi connectivity index (χ3n) is 2.87. The average Bonchev–Trinajstić information content (AvgIpc) is 3.08. The van der Waals surface area contributed by atoms with Gasteiger partial charge in [0, 0.05) is 32.1 Å². The molecule has 0 radical (unpaired) electrons. The van der Waals surface area contributed by atoms with Crippen LogP contribution in [0.2, 0.25) is 0 Å². The van der Waals surface area contributed by atoms with Crippen molar-refractivity contribution in [3.05, 3.63) is 18.2 Å². The maximum absolute atomic E-state index is 11.7. The first-order chi connectivity index (χ1) is 8.79. The molecule has 0 atom stereocenters. The number of methoxy groups -OCH3 is 1. The van der Waals surface area contributed by atoms with Crippen LogP contribution in [-0.2, 0) is 22.6 Å². The summed E-state index contributed by atoms with van der Waals surface area (Å²) in [6.07, 6.45) is 6.06. The number of amides is 1. The molecule has 0 spiro atoms. The number of ether oxygens (including phenoxy) is 1. The first-order valence-electron chi connectivity index (χ1n) is 6.28. The SMILES string of the molecule is COCCNC(=O)Cn1ccnc1CNC1CC1. The Kier molecular flexibility index (Phi) is 4.72. The normalized spacial score (nSPS) is 14.7. The van der Waals surface area contributed by atoms with Gasteiger partial charge in [-0.05, 0) is 12.8 Å². The molecule has 2 rings (SSSR count). The summed E-state index contributed by atoms with van der Waals surface area (Å²) >= 11 is 0. The summed E-state index contributed by atoms with van der Waals surface area (Å²) in [5.41, 5.74) is 0. The maximum atomic E-state index is 11.7. The number of hydrogen-bond donors (Lipinski definition) is 2. The number of imidazole rings is 1. The van der Waals surface area contributed by atoms with Gasteiger partial charge in [0.25, 0.3) is 0 Å². The molecule has 0 aliphatic heterocycles. The second-order valence-corrected chi connectivity index (χ2v) is 4.47. The molecular formula is C12H20N4O2. The Morgan fingerprint density at radius 3 is 3.17 bits per heavy atom. The molecule has 0 bridgehead atoms. The van der Waals surface area contributed by atoms with Crippen molar-refractivity contribution >= 4 is 5.91 Å². The topological polar surface area (TPSA) is 68.2 Å². The average molecular weight is 252 g/mol. The van der Waals surface area contributed by atoms with Crippen molar-refractivity contribution in [3.63, 3.8) is 0 Å². The molecule has 0 unspecified atom stereocenters. The van der Waals surface area contributed by atoms with E-state index in [0.717, 1.165) is 12.4 Å². The van der Waals surface area contributed by atoms with Crippen molar-refractivity contribution in [1.29, 1.82) is 0 Å². The van der Waals surface area contributed by atoms with E-state index in [1.54, 1.807) is 13.3 Å². The smallest absolute Gasteiger partial charge is 0.240 e. The minimum absolute atomic E-state index is 0.0160. The highest BCUT2D eigenvalue weighted by Gasteiger charge is 2.20. The fourth-order valence-electron chi connectivity index (χ4n) is 1.68. The lowest BCUT2D eigenvalue weighted by molar-refractivity contribution is -0.121. The van der Waals surface area contributed by atoms with Crippen LogP contribution in [0.4, 0.5) is 0 Å². The van der Waals surface area contributed by atoms with E-state index in [1.165, 1.54) is 12.8 Å². The number of hydrogen-bond acceptors (Lipinski definition) is 4. The molecule has 2 N–H and O–H groups in total. The highest BCUT2D eigenvalue weighted by atomic mass is 16.5. The van der Waals surface area contributed by atoms with E-state index in [-0.39, 0.29) is 5.91 Å². The third kappa shape index (κ3) is 4.12. The number of carbonyl (C=O) groups excluding carboxylic acids is 1. The van der Waals surface area contributed by atoms with E-state index in [9.17, 15) is 4.79 Å². The standard InChI is InChI=1S/C12H20N4O2/c1-18-7-5-14-12(17)9-16-6-4-13-11(16)8-15-10-2-3-10/h4,6,10,15H,2-3,5,7-9H2,1H3,(H,14,17). The molecule has 100 valence electrons. The second kappa shape index (κ2) is 6.51. The van der Waals surface area contributed by atoms with Gasteiger partial charge in [0.2, 0.25) is 5.91 Å². The number of rotatable bonds is 8. The summed E-state index contributed by atoms with van der Waals surface area (Å²) in [6, 6.07) is 0.644. The van der Waals surface area contributed by atoms with Crippen LogP contribution in [0.3, 0.4) is 0 Å². The van der Waals surface area contributed by atoms with Crippen LogP contribution < -0.4 is 10.6 Å². The zero-order chi connectivity index (χ0) is 12.8. The number of nitrogens with zero attached hydrogens (tertiary/aromatic N) is 2. The Labute approximate surface area is 107 Å². The summed E-state index contributed by atoms with van der Waals surface area (Å²) in [6.45, 7) is 2.11. The van der Waals surface area contributed by atoms with Gasteiger partial charge in [-0.3, -0.25) is 4.79 Å². The summed E-state index contributed by atoms with van der Waals surface area (Å²) < 4.78 is 6.75. The van der Waals surface area contributed by atoms with Crippen LogP contribution in [-0.4, -0.2) is 41.8 Å². The Balaban J connectivity index is 1.76. The second-order valence-electron chi connectivity index (χ2n) is 4.47. The minimum atomic E-state index is -0.0160. The number of aromatic nitrogens is 2. The molecule has 1 saturated carbocycles. The lowest BCUT2D eigenvalue weighted by atomic mass is 10.5. The number of carbonyl (C=O) groups is 1. The molecule has 1 aromatic rings. The third-order valence-corrected chi connectivity index (χ3v) is 2.87. The molecule has 0 aromatic carbocycles. The molecule has 6 heteroatoms. The molecular weight excluding hydrogens is 232 g/mol. The van der Waals surface area contributed by atoms with Gasteiger partial charge in [-0.25, -0.2) is 4.98 Å². The van der Waals surface area contributed by atoms with Crippen LogP contribution in [0.5, 0.6) is 0 Å². The van der Waals surface area contributed by atoms with Gasteiger partial charge in [-0.1, -0.05) is 0 Å². The zero-order valence-electron chi connectivity index (χ0n) is 10.7. The van der Waals surface area contributed by atoms with E-state index in [4.69, 9.17) is 4.74 Å². The van der Waals surface area contributed by atoms with Crippen molar-refractivity contribution in [3.8, 4) is 0 Å². The summed E-state index contributed by atoms with van der Waals surface area (Å²) in [4.78, 5) is 15.9. The fourth-order valence-corrected chi connectivity index (χ4v) is 1.68. The summed E-state index contributed by atoms with van der Waals surface area (Å²) in [5, 5.41) is 6.18. The largest absolute Gasteiger partial charge is 0.383 e. The Bertz CT molecular complexity index is 387. The van der Waals surface area contributed by atoms with Crippen LogP contribution in [0.25, 0.3) is 0 Å². The molecule has 1 amide bonds. The molecule has 1 fully saturated rings. The van der Waals surface area contributed by atoms with E-state index < -0.39 is 0 Å². The highest BCUT2D eigenvalue weighted by molar-refractivity contribution is 5.75. The quantitative estimate of drug-likeness (QED) is 0.634. The maximum Gasteiger partial charge on any atom is 0.240 e. The van der Waals surface area contributed by atoms with Crippen molar-refractivity contribution in [2.75, 3.05) is 20.3 Å². The predicted octanol–water partition coefficient (Wildman–Crippen LogP) is -0.102. The fraction of sp³-hybridized carbons (Fsp3) is 0.667. The first-order valence-corrected chi connectivity index (χ1v) is 6.28. The van der Waals surface area contributed by atoms with Crippen molar-refractivity contribution in [1.82, 2.24) is 20.2 Å². The Morgan fingerprint density at radius 1 is 1.61 bits per heavy atom. The van der Waals surface area contributed by atoms with Gasteiger partial charge in [0.1, 0.15) is 12.4 Å². The molecule has 1 aromatic heterocycles. The van der Waals surface area contributed by atoms with E-state index in [1.807, 2.05) is 10.8 Å². The van der Waals surface area contributed by atoms with Gasteiger partial charge >= 0.3 is 0 Å². The first kappa shape index (κ1) is 13.0. The zero-order valence-corrected chi connectivity index (χ0v) is 10.7. The Morgan fingerprint density at radius 2 is 2.44 bits per heavy atom. The lowest BCUT2D eigenvalue weighted by Gasteiger charge is -2.09. The van der Waals surface area contributed by atoms with Gasteiger partial charge < -0.3 is 19.9 Å². The minimum Gasteiger partial charge on any atom is -0.383 e. The molecule has 18 heavy (non-hydrogen) atoms. The molecule has 0 saturated heterocycles. The van der Waals surface area contributed by atoms with Crippen LogP contribution in [0, 0.1) is 0 Å². The van der Waals surface area contributed by atoms with Crippen LogP contribution >= 0.6 is 0 Å². The van der Waals surface area contributed by atoms with Crippen LogP contribution in [0.1, 0.15) is 18.7 Å². The monoisotopic (exact) mass is 252 g/mol. The van der Waals surface area contributed by atoms with Gasteiger partial charge in [0.15, 0.2) is 0 Å². The summed E-state index contributed by atoms with van der Waals surface area (Å²) in [7, 11) is 1.61. The highest BCUT2D eigenvalue weighted by Crippen LogP contribution is 2.18. The predicted molar refractivity (Wildman–Crippen MR) is 67.0 cm³/mol. The van der Waals surface area contributed by atoms with E-state index in [2.05, 4.69) is 15.6 Å². The molecule has 1 heterocycles. The van der Waals surface area contributed by atoms with Gasteiger partial charge in [0.05, 0.1) is 13.2 Å². The van der Waals surface area contributed by atoms with E-state index >= 15 is 0 Å². The van der Waals surface area contributed by atoms with Crippen molar-refractivity contribution in [2.24, 2.45) is 0 Å².